The number of amides is 1. The first-order valence-corrected chi connectivity index (χ1v) is 9.90. The average molecular weight is 429 g/mol. The number of imidazole rings is 1. The molecule has 0 atom stereocenters. The number of hydrogen-bond acceptors (Lipinski definition) is 4. The highest BCUT2D eigenvalue weighted by Gasteiger charge is 2.19. The molecule has 0 unspecified atom stereocenters. The number of nitrogens with one attached hydrogen (secondary N) is 1. The van der Waals surface area contributed by atoms with Crippen molar-refractivity contribution < 1.29 is 4.79 Å². The van der Waals surface area contributed by atoms with Crippen molar-refractivity contribution in [3.8, 4) is 22.0 Å². The molecule has 0 fully saturated rings. The van der Waals surface area contributed by atoms with Crippen LogP contribution < -0.4 is 5.32 Å². The quantitative estimate of drug-likeness (QED) is 0.448. The lowest BCUT2D eigenvalue weighted by molar-refractivity contribution is 0.102. The molecule has 140 valence electrons. The molecule has 0 saturated heterocycles. The van der Waals surface area contributed by atoms with E-state index in [0.717, 1.165) is 22.0 Å². The van der Waals surface area contributed by atoms with Crippen molar-refractivity contribution in [3.63, 3.8) is 0 Å². The summed E-state index contributed by atoms with van der Waals surface area (Å²) in [4.78, 5) is 22.6. The van der Waals surface area contributed by atoms with E-state index in [0.29, 0.717) is 20.7 Å². The van der Waals surface area contributed by atoms with Gasteiger partial charge in [-0.3, -0.25) is 10.1 Å². The van der Waals surface area contributed by atoms with Crippen molar-refractivity contribution in [2.45, 2.75) is 0 Å². The van der Waals surface area contributed by atoms with E-state index in [4.69, 9.17) is 23.2 Å². The predicted octanol–water partition coefficient (Wildman–Crippen LogP) is 5.77. The Kier molecular flexibility index (Phi) is 5.17. The van der Waals surface area contributed by atoms with E-state index in [1.807, 2.05) is 48.1 Å². The first-order chi connectivity index (χ1) is 13.5. The van der Waals surface area contributed by atoms with Crippen LogP contribution in [0.1, 0.15) is 10.4 Å². The second kappa shape index (κ2) is 7.75. The minimum Gasteiger partial charge on any atom is -0.333 e. The molecule has 2 aromatic carbocycles. The monoisotopic (exact) mass is 428 g/mol. The normalized spacial score (nSPS) is 10.8. The van der Waals surface area contributed by atoms with Crippen LogP contribution in [-0.4, -0.2) is 20.4 Å². The van der Waals surface area contributed by atoms with Crippen LogP contribution in [0, 0.1) is 0 Å². The van der Waals surface area contributed by atoms with E-state index >= 15 is 0 Å². The number of halogens is 2. The van der Waals surface area contributed by atoms with E-state index < -0.39 is 0 Å². The second-order valence-corrected chi connectivity index (χ2v) is 7.82. The molecular weight excluding hydrogens is 415 g/mol. The zero-order valence-electron chi connectivity index (χ0n) is 14.7. The van der Waals surface area contributed by atoms with Gasteiger partial charge in [-0.05, 0) is 18.2 Å². The summed E-state index contributed by atoms with van der Waals surface area (Å²) in [6.07, 6.45) is 3.61. The standard InChI is InChI=1S/C20H14Cl2N4OS/c1-26-10-9-23-18(26)17-16(12-5-3-2-4-6-12)24-20(28-17)25-19(27)13-7-8-14(21)15(22)11-13/h2-11H,1H3,(H,24,25,27). The van der Waals surface area contributed by atoms with Gasteiger partial charge in [0.15, 0.2) is 11.0 Å². The maximum atomic E-state index is 12.6. The lowest BCUT2D eigenvalue weighted by Crippen LogP contribution is -2.11. The second-order valence-electron chi connectivity index (χ2n) is 6.01. The van der Waals surface area contributed by atoms with Crippen LogP contribution in [0.5, 0.6) is 0 Å². The maximum absolute atomic E-state index is 12.6. The molecule has 0 aliphatic carbocycles. The highest BCUT2D eigenvalue weighted by atomic mass is 35.5. The summed E-state index contributed by atoms with van der Waals surface area (Å²) in [5.41, 5.74) is 2.13. The highest BCUT2D eigenvalue weighted by Crippen LogP contribution is 2.38. The van der Waals surface area contributed by atoms with Gasteiger partial charge in [0, 0.05) is 30.6 Å². The number of carbonyl (C=O) groups is 1. The number of thiazole rings is 1. The molecular formula is C20H14Cl2N4OS. The molecule has 4 rings (SSSR count). The van der Waals surface area contributed by atoms with E-state index in [2.05, 4.69) is 15.3 Å². The number of anilines is 1. The fourth-order valence-corrected chi connectivity index (χ4v) is 4.03. The third-order valence-corrected chi connectivity index (χ3v) is 5.81. The highest BCUT2D eigenvalue weighted by molar-refractivity contribution is 7.19. The summed E-state index contributed by atoms with van der Waals surface area (Å²) in [7, 11) is 1.92. The molecule has 2 heterocycles. The molecule has 0 saturated carbocycles. The summed E-state index contributed by atoms with van der Waals surface area (Å²) in [6.45, 7) is 0. The van der Waals surface area contributed by atoms with Crippen molar-refractivity contribution in [2.75, 3.05) is 5.32 Å². The Hall–Kier alpha value is -2.67. The molecule has 1 amide bonds. The largest absolute Gasteiger partial charge is 0.333 e. The van der Waals surface area contributed by atoms with Gasteiger partial charge in [0.1, 0.15) is 0 Å². The lowest BCUT2D eigenvalue weighted by atomic mass is 10.1. The zero-order valence-corrected chi connectivity index (χ0v) is 17.0. The molecule has 8 heteroatoms. The zero-order chi connectivity index (χ0) is 19.7. The molecule has 0 spiro atoms. The van der Waals surface area contributed by atoms with Crippen LogP contribution in [0.25, 0.3) is 22.0 Å². The van der Waals surface area contributed by atoms with Gasteiger partial charge in [-0.15, -0.1) is 0 Å². The van der Waals surface area contributed by atoms with Crippen molar-refractivity contribution in [2.24, 2.45) is 7.05 Å². The van der Waals surface area contributed by atoms with Gasteiger partial charge in [-0.1, -0.05) is 64.9 Å². The van der Waals surface area contributed by atoms with E-state index in [1.54, 1.807) is 18.3 Å². The third kappa shape index (κ3) is 3.67. The van der Waals surface area contributed by atoms with Gasteiger partial charge in [-0.25, -0.2) is 9.97 Å². The number of benzene rings is 2. The Morgan fingerprint density at radius 2 is 1.89 bits per heavy atom. The topological polar surface area (TPSA) is 59.8 Å². The molecule has 0 aliphatic rings. The minimum absolute atomic E-state index is 0.307. The minimum atomic E-state index is -0.307. The maximum Gasteiger partial charge on any atom is 0.257 e. The Labute approximate surface area is 175 Å². The summed E-state index contributed by atoms with van der Waals surface area (Å²) >= 11 is 13.3. The molecule has 5 nitrogen and oxygen atoms in total. The molecule has 2 aromatic heterocycles. The molecule has 4 aromatic rings. The summed E-state index contributed by atoms with van der Waals surface area (Å²) < 4.78 is 1.92. The number of nitrogens with zero attached hydrogens (tertiary/aromatic N) is 3. The first kappa shape index (κ1) is 18.7. The van der Waals surface area contributed by atoms with Crippen molar-refractivity contribution in [1.82, 2.24) is 14.5 Å². The predicted molar refractivity (Wildman–Crippen MR) is 114 cm³/mol. The van der Waals surface area contributed by atoms with Crippen molar-refractivity contribution in [3.05, 3.63) is 76.5 Å². The summed E-state index contributed by atoms with van der Waals surface area (Å²) in [6, 6.07) is 14.5. The lowest BCUT2D eigenvalue weighted by Gasteiger charge is -2.03. The smallest absolute Gasteiger partial charge is 0.257 e. The molecule has 1 N–H and O–H groups in total. The van der Waals surface area contributed by atoms with E-state index in [-0.39, 0.29) is 5.91 Å². The van der Waals surface area contributed by atoms with Gasteiger partial charge in [-0.2, -0.15) is 0 Å². The summed E-state index contributed by atoms with van der Waals surface area (Å²) in [5.74, 6) is 0.477. The number of rotatable bonds is 4. The average Bonchev–Trinajstić information content (AvgIpc) is 3.30. The van der Waals surface area contributed by atoms with Gasteiger partial charge in [0.25, 0.3) is 5.91 Å². The van der Waals surface area contributed by atoms with Gasteiger partial charge < -0.3 is 4.57 Å². The molecule has 0 bridgehead atoms. The third-order valence-electron chi connectivity index (χ3n) is 4.10. The Morgan fingerprint density at radius 1 is 1.11 bits per heavy atom. The fraction of sp³-hybridized carbons (Fsp3) is 0.0500. The number of hydrogen-bond donors (Lipinski definition) is 1. The molecule has 0 aliphatic heterocycles. The number of aryl methyl sites for hydroxylation is 1. The van der Waals surface area contributed by atoms with E-state index in [1.165, 1.54) is 17.4 Å². The van der Waals surface area contributed by atoms with Gasteiger partial charge in [0.05, 0.1) is 20.6 Å². The summed E-state index contributed by atoms with van der Waals surface area (Å²) in [5, 5.41) is 4.05. The molecule has 0 radical (unpaired) electrons. The van der Waals surface area contributed by atoms with Crippen LogP contribution in [0.15, 0.2) is 60.9 Å². The van der Waals surface area contributed by atoms with Crippen LogP contribution in [0.3, 0.4) is 0 Å². The Morgan fingerprint density at radius 3 is 2.57 bits per heavy atom. The number of carbonyl (C=O) groups excluding carboxylic acids is 1. The Bertz CT molecular complexity index is 1150. The SMILES string of the molecule is Cn1ccnc1-c1sc(NC(=O)c2ccc(Cl)c(Cl)c2)nc1-c1ccccc1. The van der Waals surface area contributed by atoms with Crippen LogP contribution >= 0.6 is 34.5 Å². The van der Waals surface area contributed by atoms with Crippen molar-refractivity contribution >= 4 is 45.6 Å². The first-order valence-electron chi connectivity index (χ1n) is 8.33. The van der Waals surface area contributed by atoms with Crippen molar-refractivity contribution in [1.29, 1.82) is 0 Å². The Balaban J connectivity index is 1.72. The van der Waals surface area contributed by atoms with E-state index in [9.17, 15) is 4.79 Å². The van der Waals surface area contributed by atoms with Crippen LogP contribution in [0.2, 0.25) is 10.0 Å². The number of aromatic nitrogens is 3. The van der Waals surface area contributed by atoms with Gasteiger partial charge >= 0.3 is 0 Å². The van der Waals surface area contributed by atoms with Gasteiger partial charge in [0.2, 0.25) is 0 Å². The van der Waals surface area contributed by atoms with Crippen LogP contribution in [-0.2, 0) is 7.05 Å². The van der Waals surface area contributed by atoms with Crippen LogP contribution in [0.4, 0.5) is 5.13 Å². The molecule has 28 heavy (non-hydrogen) atoms. The fourth-order valence-electron chi connectivity index (χ4n) is 2.71.